The summed E-state index contributed by atoms with van der Waals surface area (Å²) in [5.74, 6) is -1.11. The third kappa shape index (κ3) is 6.91. The van der Waals surface area contributed by atoms with Crippen LogP contribution in [0.5, 0.6) is 0 Å². The minimum atomic E-state index is -3.17. The Kier molecular flexibility index (Phi) is 8.32. The second-order valence-corrected chi connectivity index (χ2v) is 7.59. The van der Waals surface area contributed by atoms with E-state index < -0.39 is 33.6 Å². The number of halogens is 3. The third-order valence-electron chi connectivity index (χ3n) is 2.92. The van der Waals surface area contributed by atoms with Gasteiger partial charge in [0.25, 0.3) is 0 Å². The number of benzene rings is 1. The van der Waals surface area contributed by atoms with Crippen molar-refractivity contribution in [3.05, 3.63) is 34.6 Å². The molecule has 2 unspecified atom stereocenters. The minimum Gasteiger partial charge on any atom is -0.348 e. The van der Waals surface area contributed by atoms with E-state index in [0.717, 1.165) is 12.3 Å². The first-order valence-electron chi connectivity index (χ1n) is 6.29. The molecule has 0 spiro atoms. The van der Waals surface area contributed by atoms with Crippen LogP contribution < -0.4 is 11.1 Å². The maximum atomic E-state index is 13.0. The fourth-order valence-corrected chi connectivity index (χ4v) is 2.74. The van der Waals surface area contributed by atoms with Crippen molar-refractivity contribution in [3.8, 4) is 0 Å². The summed E-state index contributed by atoms with van der Waals surface area (Å²) >= 11 is 5.91. The fourth-order valence-electron chi connectivity index (χ4n) is 1.72. The highest BCUT2D eigenvalue weighted by atomic mass is 35.5. The quantitative estimate of drug-likeness (QED) is 0.796. The molecule has 0 aliphatic carbocycles. The Hall–Kier alpha value is -0.890. The minimum absolute atomic E-state index is 0. The summed E-state index contributed by atoms with van der Waals surface area (Å²) in [6.07, 6.45) is 1.12. The van der Waals surface area contributed by atoms with E-state index in [2.05, 4.69) is 5.32 Å². The van der Waals surface area contributed by atoms with Crippen LogP contribution in [0.2, 0.25) is 5.02 Å². The SMILES string of the molecule is CC(NC(=O)C(N)CCS(C)(=O)=O)c1ccc(F)cc1Cl.Cl. The third-order valence-corrected chi connectivity index (χ3v) is 4.23. The average Bonchev–Trinajstić information content (AvgIpc) is 2.34. The number of nitrogens with two attached hydrogens (primary N) is 1. The van der Waals surface area contributed by atoms with E-state index in [1.807, 2.05) is 0 Å². The van der Waals surface area contributed by atoms with Crippen LogP contribution in [-0.4, -0.2) is 32.4 Å². The fraction of sp³-hybridized carbons (Fsp3) is 0.462. The van der Waals surface area contributed by atoms with Gasteiger partial charge in [-0.15, -0.1) is 12.4 Å². The number of carbonyl (C=O) groups excluding carboxylic acids is 1. The molecule has 0 aliphatic rings. The largest absolute Gasteiger partial charge is 0.348 e. The van der Waals surface area contributed by atoms with E-state index in [0.29, 0.717) is 5.56 Å². The molecule has 0 saturated carbocycles. The number of carbonyl (C=O) groups is 1. The number of amides is 1. The molecular formula is C13H19Cl2FN2O3S. The van der Waals surface area contributed by atoms with E-state index in [4.69, 9.17) is 17.3 Å². The summed E-state index contributed by atoms with van der Waals surface area (Å²) in [7, 11) is -3.17. The number of rotatable bonds is 6. The molecular weight excluding hydrogens is 354 g/mol. The Balaban J connectivity index is 0.00000441. The normalized spacial score (nSPS) is 13.9. The molecule has 1 aromatic rings. The van der Waals surface area contributed by atoms with Crippen LogP contribution in [0.4, 0.5) is 4.39 Å². The molecule has 2 atom stereocenters. The van der Waals surface area contributed by atoms with Gasteiger partial charge in [-0.2, -0.15) is 0 Å². The molecule has 1 aromatic carbocycles. The highest BCUT2D eigenvalue weighted by molar-refractivity contribution is 7.90. The molecule has 1 amide bonds. The molecule has 126 valence electrons. The number of hydrogen-bond acceptors (Lipinski definition) is 4. The van der Waals surface area contributed by atoms with Gasteiger partial charge >= 0.3 is 0 Å². The summed E-state index contributed by atoms with van der Waals surface area (Å²) in [5.41, 5.74) is 6.20. The zero-order valence-corrected chi connectivity index (χ0v) is 14.6. The maximum absolute atomic E-state index is 13.0. The van der Waals surface area contributed by atoms with Gasteiger partial charge in [0.2, 0.25) is 5.91 Å². The Morgan fingerprint density at radius 2 is 2.05 bits per heavy atom. The van der Waals surface area contributed by atoms with Gasteiger partial charge in [0.15, 0.2) is 0 Å². The Labute approximate surface area is 140 Å². The molecule has 0 fully saturated rings. The second kappa shape index (κ2) is 8.67. The standard InChI is InChI=1S/C13H18ClFN2O3S.ClH/c1-8(10-4-3-9(15)7-11(10)14)17-13(18)12(16)5-6-21(2,19)20;/h3-4,7-8,12H,5-6,16H2,1-2H3,(H,17,18);1H. The number of sulfone groups is 1. The monoisotopic (exact) mass is 372 g/mol. The molecule has 9 heteroatoms. The first-order valence-corrected chi connectivity index (χ1v) is 8.72. The van der Waals surface area contributed by atoms with Gasteiger partial charge in [0.1, 0.15) is 15.7 Å². The predicted molar refractivity (Wildman–Crippen MR) is 87.5 cm³/mol. The van der Waals surface area contributed by atoms with Crippen molar-refractivity contribution >= 4 is 39.8 Å². The van der Waals surface area contributed by atoms with Crippen molar-refractivity contribution in [2.45, 2.75) is 25.4 Å². The topological polar surface area (TPSA) is 89.3 Å². The van der Waals surface area contributed by atoms with Crippen LogP contribution >= 0.6 is 24.0 Å². The zero-order valence-electron chi connectivity index (χ0n) is 12.2. The summed E-state index contributed by atoms with van der Waals surface area (Å²) < 4.78 is 35.0. The van der Waals surface area contributed by atoms with Gasteiger partial charge < -0.3 is 11.1 Å². The van der Waals surface area contributed by atoms with E-state index in [1.54, 1.807) is 6.92 Å². The molecule has 0 bridgehead atoms. The van der Waals surface area contributed by atoms with Crippen LogP contribution in [-0.2, 0) is 14.6 Å². The lowest BCUT2D eigenvalue weighted by Crippen LogP contribution is -2.42. The van der Waals surface area contributed by atoms with E-state index in [-0.39, 0.29) is 29.6 Å². The average molecular weight is 373 g/mol. The van der Waals surface area contributed by atoms with Gasteiger partial charge in [0.05, 0.1) is 17.8 Å². The summed E-state index contributed by atoms with van der Waals surface area (Å²) in [4.78, 5) is 11.9. The molecule has 5 nitrogen and oxygen atoms in total. The van der Waals surface area contributed by atoms with Gasteiger partial charge in [-0.1, -0.05) is 17.7 Å². The van der Waals surface area contributed by atoms with E-state index in [9.17, 15) is 17.6 Å². The molecule has 1 rings (SSSR count). The Morgan fingerprint density at radius 1 is 1.45 bits per heavy atom. The number of hydrogen-bond donors (Lipinski definition) is 2. The van der Waals surface area contributed by atoms with Crippen molar-refractivity contribution in [2.75, 3.05) is 12.0 Å². The second-order valence-electron chi connectivity index (χ2n) is 4.92. The van der Waals surface area contributed by atoms with Crippen molar-refractivity contribution in [3.63, 3.8) is 0 Å². The van der Waals surface area contributed by atoms with Crippen molar-refractivity contribution in [1.82, 2.24) is 5.32 Å². The Bertz CT molecular complexity index is 626. The molecule has 0 aromatic heterocycles. The lowest BCUT2D eigenvalue weighted by molar-refractivity contribution is -0.123. The summed E-state index contributed by atoms with van der Waals surface area (Å²) in [6.45, 7) is 1.68. The van der Waals surface area contributed by atoms with Crippen molar-refractivity contribution in [2.24, 2.45) is 5.73 Å². The van der Waals surface area contributed by atoms with Gasteiger partial charge in [-0.3, -0.25) is 4.79 Å². The van der Waals surface area contributed by atoms with Crippen molar-refractivity contribution < 1.29 is 17.6 Å². The molecule has 0 aliphatic heterocycles. The van der Waals surface area contributed by atoms with Gasteiger partial charge in [-0.05, 0) is 31.0 Å². The van der Waals surface area contributed by atoms with Crippen LogP contribution in [0.3, 0.4) is 0 Å². The van der Waals surface area contributed by atoms with Crippen molar-refractivity contribution in [1.29, 1.82) is 0 Å². The van der Waals surface area contributed by atoms with E-state index >= 15 is 0 Å². The summed E-state index contributed by atoms with van der Waals surface area (Å²) in [6, 6.07) is 2.48. The Morgan fingerprint density at radius 3 is 2.55 bits per heavy atom. The molecule has 3 N–H and O–H groups in total. The molecule has 0 saturated heterocycles. The van der Waals surface area contributed by atoms with Gasteiger partial charge in [0, 0.05) is 11.3 Å². The first-order chi connectivity index (χ1) is 9.60. The van der Waals surface area contributed by atoms with Crippen LogP contribution in [0.1, 0.15) is 24.9 Å². The zero-order chi connectivity index (χ0) is 16.2. The molecule has 22 heavy (non-hydrogen) atoms. The van der Waals surface area contributed by atoms with Gasteiger partial charge in [-0.25, -0.2) is 12.8 Å². The highest BCUT2D eigenvalue weighted by Gasteiger charge is 2.19. The predicted octanol–water partition coefficient (Wildman–Crippen LogP) is 1.84. The lowest BCUT2D eigenvalue weighted by atomic mass is 10.1. The highest BCUT2D eigenvalue weighted by Crippen LogP contribution is 2.23. The maximum Gasteiger partial charge on any atom is 0.237 e. The van der Waals surface area contributed by atoms with Crippen LogP contribution in [0, 0.1) is 5.82 Å². The first kappa shape index (κ1) is 21.1. The van der Waals surface area contributed by atoms with E-state index in [1.165, 1.54) is 12.1 Å². The smallest absolute Gasteiger partial charge is 0.237 e. The molecule has 0 heterocycles. The summed E-state index contributed by atoms with van der Waals surface area (Å²) in [5, 5.41) is 2.83. The molecule has 0 radical (unpaired) electrons. The lowest BCUT2D eigenvalue weighted by Gasteiger charge is -2.18. The van der Waals surface area contributed by atoms with Crippen LogP contribution in [0.25, 0.3) is 0 Å². The van der Waals surface area contributed by atoms with Crippen LogP contribution in [0.15, 0.2) is 18.2 Å². The number of nitrogens with one attached hydrogen (secondary N) is 1.